The Morgan fingerprint density at radius 2 is 2.00 bits per heavy atom. The molecule has 0 fully saturated rings. The molecule has 2 N–H and O–H groups in total. The second-order valence-corrected chi connectivity index (χ2v) is 5.60. The van der Waals surface area contributed by atoms with Gasteiger partial charge in [0.05, 0.1) is 4.99 Å². The van der Waals surface area contributed by atoms with Crippen molar-refractivity contribution in [2.45, 2.75) is 18.2 Å². The molecule has 0 saturated carbocycles. The highest BCUT2D eigenvalue weighted by Gasteiger charge is 2.04. The maximum Gasteiger partial charge on any atom is 0.0870 e. The van der Waals surface area contributed by atoms with Crippen molar-refractivity contribution in [2.75, 3.05) is 25.4 Å². The zero-order chi connectivity index (χ0) is 12.5. The van der Waals surface area contributed by atoms with Crippen molar-refractivity contribution in [1.29, 1.82) is 0 Å². The van der Waals surface area contributed by atoms with Gasteiger partial charge in [0, 0.05) is 23.7 Å². The molecule has 0 aliphatic heterocycles. The molecular weight excluding hydrogens is 248 g/mol. The van der Waals surface area contributed by atoms with Gasteiger partial charge < -0.3 is 5.73 Å². The molecule has 0 saturated heterocycles. The maximum atomic E-state index is 5.59. The van der Waals surface area contributed by atoms with Gasteiger partial charge in [-0.1, -0.05) is 37.3 Å². The molecule has 1 aromatic rings. The van der Waals surface area contributed by atoms with Crippen molar-refractivity contribution in [3.05, 3.63) is 30.3 Å². The van der Waals surface area contributed by atoms with Crippen molar-refractivity contribution >= 4 is 29.0 Å². The third kappa shape index (κ3) is 6.66. The van der Waals surface area contributed by atoms with E-state index in [1.54, 1.807) is 0 Å². The average Bonchev–Trinajstić information content (AvgIpc) is 2.30. The van der Waals surface area contributed by atoms with Crippen molar-refractivity contribution < 1.29 is 0 Å². The predicted molar refractivity (Wildman–Crippen MR) is 80.7 cm³/mol. The summed E-state index contributed by atoms with van der Waals surface area (Å²) < 4.78 is 0. The van der Waals surface area contributed by atoms with E-state index in [0.717, 1.165) is 31.8 Å². The Kier molecular flexibility index (Phi) is 7.24. The SMILES string of the molecule is CCCN(CCSc1ccccc1)CC(N)=S. The van der Waals surface area contributed by atoms with E-state index in [0.29, 0.717) is 4.99 Å². The van der Waals surface area contributed by atoms with Crippen molar-refractivity contribution in [3.63, 3.8) is 0 Å². The molecule has 17 heavy (non-hydrogen) atoms. The van der Waals surface area contributed by atoms with Crippen LogP contribution in [-0.4, -0.2) is 35.3 Å². The number of nitrogens with zero attached hydrogens (tertiary/aromatic N) is 1. The van der Waals surface area contributed by atoms with E-state index < -0.39 is 0 Å². The van der Waals surface area contributed by atoms with Crippen molar-refractivity contribution in [3.8, 4) is 0 Å². The van der Waals surface area contributed by atoms with E-state index in [-0.39, 0.29) is 0 Å². The molecule has 1 aromatic carbocycles. The molecule has 0 aliphatic carbocycles. The summed E-state index contributed by atoms with van der Waals surface area (Å²) in [5.41, 5.74) is 5.59. The van der Waals surface area contributed by atoms with E-state index in [2.05, 4.69) is 36.1 Å². The fourth-order valence-electron chi connectivity index (χ4n) is 1.62. The summed E-state index contributed by atoms with van der Waals surface area (Å²) in [4.78, 5) is 4.22. The van der Waals surface area contributed by atoms with Crippen LogP contribution in [0.3, 0.4) is 0 Å². The fourth-order valence-corrected chi connectivity index (χ4v) is 2.73. The molecule has 0 bridgehead atoms. The largest absolute Gasteiger partial charge is 0.392 e. The Balaban J connectivity index is 2.29. The van der Waals surface area contributed by atoms with Crippen LogP contribution in [0.5, 0.6) is 0 Å². The number of hydrogen-bond donors (Lipinski definition) is 1. The first-order chi connectivity index (χ1) is 8.22. The first-order valence-corrected chi connectivity index (χ1v) is 7.30. The second kappa shape index (κ2) is 8.50. The Hall–Kier alpha value is -0.580. The predicted octanol–water partition coefficient (Wildman–Crippen LogP) is 2.78. The van der Waals surface area contributed by atoms with E-state index >= 15 is 0 Å². The first kappa shape index (κ1) is 14.5. The summed E-state index contributed by atoms with van der Waals surface area (Å²) in [5.74, 6) is 1.08. The third-order valence-corrected chi connectivity index (χ3v) is 3.46. The molecule has 0 radical (unpaired) electrons. The molecule has 1 rings (SSSR count). The number of benzene rings is 1. The Labute approximate surface area is 114 Å². The summed E-state index contributed by atoms with van der Waals surface area (Å²) in [6, 6.07) is 10.5. The van der Waals surface area contributed by atoms with E-state index in [1.165, 1.54) is 4.90 Å². The summed E-state index contributed by atoms with van der Waals surface area (Å²) in [5, 5.41) is 0. The molecule has 0 aromatic heterocycles. The van der Waals surface area contributed by atoms with Crippen LogP contribution in [-0.2, 0) is 0 Å². The lowest BCUT2D eigenvalue weighted by Gasteiger charge is -2.20. The van der Waals surface area contributed by atoms with Gasteiger partial charge in [-0.05, 0) is 25.1 Å². The van der Waals surface area contributed by atoms with Gasteiger partial charge in [-0.15, -0.1) is 11.8 Å². The quantitative estimate of drug-likeness (QED) is 0.580. The second-order valence-electron chi connectivity index (χ2n) is 3.90. The summed E-state index contributed by atoms with van der Waals surface area (Å²) in [6.07, 6.45) is 1.14. The molecule has 0 unspecified atom stereocenters. The summed E-state index contributed by atoms with van der Waals surface area (Å²) >= 11 is 6.84. The maximum absolute atomic E-state index is 5.59. The molecule has 0 heterocycles. The van der Waals surface area contributed by atoms with Crippen LogP contribution >= 0.6 is 24.0 Å². The lowest BCUT2D eigenvalue weighted by Crippen LogP contribution is -2.34. The lowest BCUT2D eigenvalue weighted by atomic mass is 10.4. The smallest absolute Gasteiger partial charge is 0.0870 e. The number of hydrogen-bond acceptors (Lipinski definition) is 3. The summed E-state index contributed by atoms with van der Waals surface area (Å²) in [7, 11) is 0. The number of rotatable bonds is 8. The topological polar surface area (TPSA) is 29.3 Å². The van der Waals surface area contributed by atoms with Crippen molar-refractivity contribution in [1.82, 2.24) is 4.90 Å². The van der Waals surface area contributed by atoms with Gasteiger partial charge in [0.25, 0.3) is 0 Å². The Bertz CT molecular complexity index is 327. The standard InChI is InChI=1S/C13H20N2S2/c1-2-8-15(11-13(14)16)9-10-17-12-6-4-3-5-7-12/h3-7H,2,8-11H2,1H3,(H2,14,16). The van der Waals surface area contributed by atoms with E-state index in [4.69, 9.17) is 18.0 Å². The number of thioether (sulfide) groups is 1. The number of thiocarbonyl (C=S) groups is 1. The van der Waals surface area contributed by atoms with Crippen LogP contribution in [0.15, 0.2) is 35.2 Å². The average molecular weight is 268 g/mol. The highest BCUT2D eigenvalue weighted by Crippen LogP contribution is 2.16. The van der Waals surface area contributed by atoms with Gasteiger partial charge in [0.2, 0.25) is 0 Å². The molecule has 4 heteroatoms. The molecule has 0 aliphatic rings. The van der Waals surface area contributed by atoms with Gasteiger partial charge in [0.1, 0.15) is 0 Å². The van der Waals surface area contributed by atoms with Gasteiger partial charge in [-0.25, -0.2) is 0 Å². The molecule has 94 valence electrons. The van der Waals surface area contributed by atoms with E-state index in [9.17, 15) is 0 Å². The van der Waals surface area contributed by atoms with Crippen LogP contribution in [0, 0.1) is 0 Å². The minimum atomic E-state index is 0.586. The van der Waals surface area contributed by atoms with Crippen LogP contribution < -0.4 is 5.73 Å². The van der Waals surface area contributed by atoms with E-state index in [1.807, 2.05) is 17.8 Å². The highest BCUT2D eigenvalue weighted by atomic mass is 32.2. The zero-order valence-corrected chi connectivity index (χ0v) is 11.9. The molecule has 2 nitrogen and oxygen atoms in total. The number of nitrogens with two attached hydrogens (primary N) is 1. The molecule has 0 spiro atoms. The van der Waals surface area contributed by atoms with Gasteiger partial charge in [0.15, 0.2) is 0 Å². The zero-order valence-electron chi connectivity index (χ0n) is 10.3. The van der Waals surface area contributed by atoms with Crippen LogP contribution in [0.4, 0.5) is 0 Å². The van der Waals surface area contributed by atoms with Crippen LogP contribution in [0.2, 0.25) is 0 Å². The van der Waals surface area contributed by atoms with Crippen LogP contribution in [0.1, 0.15) is 13.3 Å². The normalized spacial score (nSPS) is 10.7. The van der Waals surface area contributed by atoms with Crippen molar-refractivity contribution in [2.24, 2.45) is 5.73 Å². The Morgan fingerprint density at radius 3 is 2.59 bits per heavy atom. The lowest BCUT2D eigenvalue weighted by molar-refractivity contribution is 0.332. The Morgan fingerprint density at radius 1 is 1.29 bits per heavy atom. The van der Waals surface area contributed by atoms with Gasteiger partial charge >= 0.3 is 0 Å². The monoisotopic (exact) mass is 268 g/mol. The fraction of sp³-hybridized carbons (Fsp3) is 0.462. The van der Waals surface area contributed by atoms with Gasteiger partial charge in [-0.2, -0.15) is 0 Å². The minimum Gasteiger partial charge on any atom is -0.392 e. The first-order valence-electron chi connectivity index (χ1n) is 5.91. The minimum absolute atomic E-state index is 0.586. The molecule has 0 amide bonds. The molecular formula is C13H20N2S2. The summed E-state index contributed by atoms with van der Waals surface area (Å²) in [6.45, 7) is 5.01. The highest BCUT2D eigenvalue weighted by molar-refractivity contribution is 7.99. The van der Waals surface area contributed by atoms with Crippen LogP contribution in [0.25, 0.3) is 0 Å². The molecule has 0 atom stereocenters. The van der Waals surface area contributed by atoms with Gasteiger partial charge in [-0.3, -0.25) is 4.90 Å². The third-order valence-electron chi connectivity index (χ3n) is 2.34.